The van der Waals surface area contributed by atoms with Crippen LogP contribution >= 0.6 is 0 Å². The van der Waals surface area contributed by atoms with E-state index in [2.05, 4.69) is 23.6 Å². The largest absolute Gasteiger partial charge is 0.321 e. The van der Waals surface area contributed by atoms with Crippen molar-refractivity contribution in [3.63, 3.8) is 0 Å². The quantitative estimate of drug-likeness (QED) is 0.361. The Morgan fingerprint density at radius 2 is 2.25 bits per heavy atom. The van der Waals surface area contributed by atoms with Crippen LogP contribution < -0.4 is 0 Å². The Balaban J connectivity index is 3.71. The van der Waals surface area contributed by atoms with Gasteiger partial charge in [-0.1, -0.05) is 19.3 Å². The molecule has 3 heteroatoms. The van der Waals surface area contributed by atoms with Gasteiger partial charge in [0.1, 0.15) is 0 Å². The molecule has 0 N–H and O–H groups in total. The lowest BCUT2D eigenvalue weighted by molar-refractivity contribution is -0.161. The zero-order valence-corrected chi connectivity index (χ0v) is 7.89. The monoisotopic (exact) mass is 169 g/mol. The summed E-state index contributed by atoms with van der Waals surface area (Å²) in [5, 5.41) is 1.11. The highest BCUT2D eigenvalue weighted by molar-refractivity contribution is 5.92. The lowest BCUT2D eigenvalue weighted by Gasteiger charge is -2.07. The molecule has 0 fully saturated rings. The molecule has 12 heavy (non-hydrogen) atoms. The molecule has 0 aromatic rings. The normalized spacial score (nSPS) is 8.58. The highest BCUT2D eigenvalue weighted by atomic mass is 16.7. The predicted octanol–water partition coefficient (Wildman–Crippen LogP) is 1.20. The number of rotatable bonds is 3. The number of carbonyl (C=O) groups excluding carboxylic acids is 1. The topological polar surface area (TPSA) is 29.5 Å². The van der Waals surface area contributed by atoms with Gasteiger partial charge in [-0.15, -0.1) is 0 Å². The van der Waals surface area contributed by atoms with Crippen molar-refractivity contribution < 1.29 is 9.63 Å². The third kappa shape index (κ3) is 4.75. The van der Waals surface area contributed by atoms with Crippen molar-refractivity contribution in [1.29, 1.82) is 0 Å². The van der Waals surface area contributed by atoms with Crippen molar-refractivity contribution in [3.8, 4) is 11.8 Å². The number of hydrogen-bond donors (Lipinski definition) is 0. The van der Waals surface area contributed by atoms with E-state index in [0.717, 1.165) is 24.3 Å². The lowest BCUT2D eigenvalue weighted by Crippen LogP contribution is -2.23. The van der Waals surface area contributed by atoms with Gasteiger partial charge in [0.25, 0.3) is 0 Å². The van der Waals surface area contributed by atoms with E-state index in [-0.39, 0.29) is 5.91 Å². The van der Waals surface area contributed by atoms with Gasteiger partial charge >= 0.3 is 5.91 Å². The van der Waals surface area contributed by atoms with E-state index in [0.29, 0.717) is 0 Å². The number of unbranched alkanes of at least 4 members (excludes halogenated alkanes) is 2. The van der Waals surface area contributed by atoms with Gasteiger partial charge in [0.15, 0.2) is 0 Å². The number of hydrogen-bond acceptors (Lipinski definition) is 2. The third-order valence-corrected chi connectivity index (χ3v) is 1.41. The molecule has 0 aliphatic heterocycles. The maximum atomic E-state index is 11.0. The Hall–Kier alpha value is -1.01. The zero-order chi connectivity index (χ0) is 9.40. The molecular weight excluding hydrogens is 154 g/mol. The summed E-state index contributed by atoms with van der Waals surface area (Å²) in [6, 6.07) is 0. The third-order valence-electron chi connectivity index (χ3n) is 1.41. The van der Waals surface area contributed by atoms with E-state index in [1.54, 1.807) is 0 Å². The Bertz CT molecular complexity index is 190. The first kappa shape index (κ1) is 11.0. The van der Waals surface area contributed by atoms with Crippen LogP contribution in [-0.4, -0.2) is 25.1 Å². The molecule has 0 rings (SSSR count). The molecule has 0 bridgehead atoms. The summed E-state index contributed by atoms with van der Waals surface area (Å²) in [7, 11) is 2.97. The van der Waals surface area contributed by atoms with E-state index in [1.165, 1.54) is 14.2 Å². The summed E-state index contributed by atoms with van der Waals surface area (Å²) in [5.74, 6) is 4.96. The van der Waals surface area contributed by atoms with Gasteiger partial charge in [0.05, 0.1) is 7.11 Å². The van der Waals surface area contributed by atoms with Crippen LogP contribution in [0.5, 0.6) is 0 Å². The van der Waals surface area contributed by atoms with E-state index in [9.17, 15) is 4.79 Å². The summed E-state index contributed by atoms with van der Waals surface area (Å²) in [6.07, 6.45) is 2.92. The molecule has 0 unspecified atom stereocenters. The van der Waals surface area contributed by atoms with Gasteiger partial charge in [0.2, 0.25) is 0 Å². The highest BCUT2D eigenvalue weighted by Gasteiger charge is 2.00. The second-order valence-electron chi connectivity index (χ2n) is 2.39. The van der Waals surface area contributed by atoms with Gasteiger partial charge in [-0.25, -0.2) is 5.06 Å². The Labute approximate surface area is 73.6 Å². The minimum Gasteiger partial charge on any atom is -0.274 e. The van der Waals surface area contributed by atoms with Gasteiger partial charge < -0.3 is 0 Å². The molecule has 0 saturated heterocycles. The van der Waals surface area contributed by atoms with Crippen LogP contribution in [0.1, 0.15) is 26.2 Å². The number of amides is 1. The first-order valence-corrected chi connectivity index (χ1v) is 4.03. The second kappa shape index (κ2) is 6.68. The molecule has 0 saturated carbocycles. The van der Waals surface area contributed by atoms with Crippen LogP contribution in [0.2, 0.25) is 0 Å². The van der Waals surface area contributed by atoms with Crippen molar-refractivity contribution in [2.75, 3.05) is 14.2 Å². The van der Waals surface area contributed by atoms with Crippen molar-refractivity contribution in [3.05, 3.63) is 0 Å². The number of carbonyl (C=O) groups is 1. The molecule has 3 nitrogen and oxygen atoms in total. The maximum absolute atomic E-state index is 11.0. The molecule has 0 atom stereocenters. The summed E-state index contributed by atoms with van der Waals surface area (Å²) >= 11 is 0. The first-order valence-electron chi connectivity index (χ1n) is 4.03. The molecule has 0 aliphatic rings. The summed E-state index contributed by atoms with van der Waals surface area (Å²) in [4.78, 5) is 15.6. The van der Waals surface area contributed by atoms with E-state index in [4.69, 9.17) is 0 Å². The standard InChI is InChI=1S/C9H15NO2/c1-4-5-6-7-8-9(11)10(2)12-3/h4-6H2,1-3H3. The molecule has 68 valence electrons. The molecule has 0 heterocycles. The van der Waals surface area contributed by atoms with E-state index >= 15 is 0 Å². The number of hydroxylamine groups is 2. The average Bonchev–Trinajstić information content (AvgIpc) is 2.10. The predicted molar refractivity (Wildman–Crippen MR) is 47.1 cm³/mol. The molecule has 0 radical (unpaired) electrons. The molecule has 0 aromatic heterocycles. The van der Waals surface area contributed by atoms with Crippen LogP contribution in [0.3, 0.4) is 0 Å². The van der Waals surface area contributed by atoms with Gasteiger partial charge in [0, 0.05) is 13.5 Å². The SMILES string of the molecule is CCCCC#CC(=O)N(C)OC. The van der Waals surface area contributed by atoms with Gasteiger partial charge in [-0.05, 0) is 12.3 Å². The summed E-state index contributed by atoms with van der Waals surface area (Å²) < 4.78 is 0. The Morgan fingerprint density at radius 1 is 1.58 bits per heavy atom. The molecular formula is C9H15NO2. The van der Waals surface area contributed by atoms with Crippen LogP contribution in [0.4, 0.5) is 0 Å². The zero-order valence-electron chi connectivity index (χ0n) is 7.89. The minimum absolute atomic E-state index is 0.298. The van der Waals surface area contributed by atoms with Gasteiger partial charge in [-0.2, -0.15) is 0 Å². The molecule has 0 aromatic carbocycles. The Kier molecular flexibility index (Phi) is 6.12. The lowest BCUT2D eigenvalue weighted by atomic mass is 10.2. The second-order valence-corrected chi connectivity index (χ2v) is 2.39. The average molecular weight is 169 g/mol. The van der Waals surface area contributed by atoms with Crippen LogP contribution in [0.15, 0.2) is 0 Å². The molecule has 0 aliphatic carbocycles. The van der Waals surface area contributed by atoms with Crippen LogP contribution in [0.25, 0.3) is 0 Å². The van der Waals surface area contributed by atoms with Crippen molar-refractivity contribution >= 4 is 5.91 Å². The highest BCUT2D eigenvalue weighted by Crippen LogP contribution is 1.90. The minimum atomic E-state index is -0.298. The fourth-order valence-electron chi connectivity index (χ4n) is 0.565. The fraction of sp³-hybridized carbons (Fsp3) is 0.667. The summed E-state index contributed by atoms with van der Waals surface area (Å²) in [6.45, 7) is 2.09. The van der Waals surface area contributed by atoms with Crippen LogP contribution in [0, 0.1) is 11.8 Å². The van der Waals surface area contributed by atoms with Crippen molar-refractivity contribution in [1.82, 2.24) is 5.06 Å². The smallest absolute Gasteiger partial charge is 0.274 e. The van der Waals surface area contributed by atoms with E-state index in [1.807, 2.05) is 0 Å². The first-order chi connectivity index (χ1) is 5.72. The summed E-state index contributed by atoms with van der Waals surface area (Å²) in [5.41, 5.74) is 0. The van der Waals surface area contributed by atoms with E-state index < -0.39 is 0 Å². The molecule has 0 spiro atoms. The van der Waals surface area contributed by atoms with Crippen molar-refractivity contribution in [2.45, 2.75) is 26.2 Å². The van der Waals surface area contributed by atoms with Crippen molar-refractivity contribution in [2.24, 2.45) is 0 Å². The fourth-order valence-corrected chi connectivity index (χ4v) is 0.565. The number of nitrogens with zero attached hydrogens (tertiary/aromatic N) is 1. The maximum Gasteiger partial charge on any atom is 0.321 e. The van der Waals surface area contributed by atoms with Crippen LogP contribution in [-0.2, 0) is 9.63 Å². The molecule has 1 amide bonds. The van der Waals surface area contributed by atoms with Gasteiger partial charge in [-0.3, -0.25) is 9.63 Å². The Morgan fingerprint density at radius 3 is 2.75 bits per heavy atom.